The van der Waals surface area contributed by atoms with Gasteiger partial charge in [-0.15, -0.1) is 0 Å². The average Bonchev–Trinajstić information content (AvgIpc) is 0.765. The molecule has 9 nitrogen and oxygen atoms in total. The maximum absolute atomic E-state index is 5.69. The molecule has 143 heavy (non-hydrogen) atoms. The Morgan fingerprint density at radius 3 is 0.545 bits per heavy atom. The molecule has 0 aliphatic rings. The second kappa shape index (κ2) is 57.9. The zero-order chi connectivity index (χ0) is 105. The molecule has 0 radical (unpaired) electrons. The van der Waals surface area contributed by atoms with Crippen LogP contribution in [0.1, 0.15) is 408 Å². The van der Waals surface area contributed by atoms with Crippen molar-refractivity contribution in [2.24, 2.45) is 30.0 Å². The summed E-state index contributed by atoms with van der Waals surface area (Å²) in [6, 6.07) is 88.3. The van der Waals surface area contributed by atoms with Crippen LogP contribution in [-0.2, 0) is 39.4 Å². The predicted molar refractivity (Wildman–Crippen MR) is 615 cm³/mol. The molecule has 0 atom stereocenters. The van der Waals surface area contributed by atoms with Gasteiger partial charge in [0.15, 0.2) is 0 Å². The van der Waals surface area contributed by atoms with E-state index in [-0.39, 0.29) is 39.4 Å². The van der Waals surface area contributed by atoms with Gasteiger partial charge in [-0.3, -0.25) is 9.98 Å². The van der Waals surface area contributed by atoms with Crippen molar-refractivity contribution in [3.05, 3.63) is 405 Å². The van der Waals surface area contributed by atoms with Crippen LogP contribution >= 0.6 is 60.6 Å². The zero-order valence-electron chi connectivity index (χ0n) is 90.0. The first kappa shape index (κ1) is 119. The number of rotatable bonds is 28. The van der Waals surface area contributed by atoms with Gasteiger partial charge in [0.2, 0.25) is 0 Å². The summed E-state index contributed by atoms with van der Waals surface area (Å²) in [5.74, 6) is 4.23. The molecule has 0 bridgehead atoms. The fourth-order valence-corrected chi connectivity index (χ4v) is 18.3. The van der Waals surface area contributed by atoms with E-state index in [1.807, 2.05) is 24.3 Å². The van der Waals surface area contributed by atoms with E-state index in [1.54, 1.807) is 0 Å². The number of halogens is 6. The van der Waals surface area contributed by atoms with Gasteiger partial charge < -0.3 is 0 Å². The van der Waals surface area contributed by atoms with Crippen molar-refractivity contribution in [1.29, 1.82) is 0 Å². The Morgan fingerprint density at radius 2 is 0.357 bits per heavy atom. The van der Waals surface area contributed by atoms with Gasteiger partial charge in [0, 0.05) is 22.3 Å². The monoisotopic (exact) mass is 2150 g/mol. The van der Waals surface area contributed by atoms with Crippen LogP contribution in [0.4, 0.5) is 34.1 Å². The van der Waals surface area contributed by atoms with Gasteiger partial charge in [0.25, 0.3) is 0 Å². The first-order chi connectivity index (χ1) is 68.0. The minimum absolute atomic E-state index is 0.194. The van der Waals surface area contributed by atoms with E-state index < -0.39 is 0 Å². The van der Waals surface area contributed by atoms with Crippen LogP contribution < -0.4 is 0 Å². The van der Waals surface area contributed by atoms with Crippen molar-refractivity contribution in [2.45, 2.75) is 293 Å². The fraction of sp³-hybridized carbons (Fsp3) is 0.352. The number of hydrogen-bond acceptors (Lipinski definition) is 9. The van der Waals surface area contributed by atoms with Gasteiger partial charge in [-0.2, -0.15) is 0 Å². The molecule has 3 heterocycles. The predicted octanol–water partition coefficient (Wildman–Crippen LogP) is 39.7. The Kier molecular flexibility index (Phi) is 48.3. The topological polar surface area (TPSA) is 113 Å². The molecule has 0 saturated carbocycles. The molecule has 13 rings (SSSR count). The molecule has 0 aliphatic carbocycles. The summed E-state index contributed by atoms with van der Waals surface area (Å²) in [7, 11) is 28.6. The summed E-state index contributed by atoms with van der Waals surface area (Å²) >= 11 is 0.583. The van der Waals surface area contributed by atoms with Crippen LogP contribution in [0.2, 0.25) is 0 Å². The number of aliphatic imine (C=N–C) groups is 6. The SMILES string of the molecule is CC(=Nc1c(C(C)C)cccc1C(C)C)c1cccc(C(C)=Nc2c(C(C)C)cccc2C(C)C)n1.CC(C)c1cccc(C(C)C)c1N=C(c1ccccc1)c1cccc(C(=Nc2c(C(C)C)cccc2C(C)C)c2ccccc2)n1.Cc1cc(C)c(C(=Nc2c(C(C)C)cccc2C(C)C)c2cccc(C(=Nc3c(C(C)C)cccc3C(C)C)c3c(C)cc(C)cc3C)n2)c(C)c1.[Cl][Fe][Cl].[Cl][Fe][Cl].[Cl][Fe][Cl]. The Bertz CT molecular complexity index is 6000. The number of nitrogens with zero attached hydrogens (tertiary/aromatic N) is 9. The molecule has 0 fully saturated rings. The second-order valence-electron chi connectivity index (χ2n) is 40.5. The van der Waals surface area contributed by atoms with Gasteiger partial charge in [-0.1, -0.05) is 390 Å². The van der Waals surface area contributed by atoms with E-state index in [0.717, 1.165) is 125 Å². The van der Waals surface area contributed by atoms with E-state index in [1.165, 1.54) is 100 Å². The number of aryl methyl sites for hydroxylation is 6. The van der Waals surface area contributed by atoms with Gasteiger partial charge in [0.05, 0.1) is 103 Å². The van der Waals surface area contributed by atoms with E-state index in [9.17, 15) is 0 Å². The fourth-order valence-electron chi connectivity index (χ4n) is 18.3. The molecule has 0 unspecified atom stereocenters. The Balaban J connectivity index is 0.000000255. The second-order valence-corrected chi connectivity index (χ2v) is 45.9. The number of hydrogen-bond donors (Lipinski definition) is 0. The summed E-state index contributed by atoms with van der Waals surface area (Å²) in [5, 5.41) is 0. The standard InChI is InChI=1S/C49H59N3.C43H47N3.C33H43N3.6ClH.3Fe/c1-28(2)38-18-15-19-39(29(3)4)46(38)51-48(44-34(11)24-32(9)25-35(44)12)42-22-17-23-43(50-42)49(45-36(13)26-33(10)27-37(45)14)52-47-40(30(5)6)20-16-21-41(47)31(7)8;1-28(2)34-22-15-23-35(29(3)4)42(34)45-40(32-18-11-9-12-19-32)38-26-17-27-39(44-38)41(33-20-13-10-14-21-33)46-43-36(30(5)6)24-16-25-37(43)31(7)8;1-20(2)26-14-11-15-27(21(3)4)32(26)34-24(9)30-18-13-19-31(36-30)25(10)35-33-28(22(5)6)16-12-17-29(33)23(7)8;;;;;;;;;/h15-31H,1-14H3;9-31H,1-8H3;11-23H,1-10H3;6*1H;;;/q;;;;;;;;;3*+2/p-6. The molecule has 13 aromatic rings. The van der Waals surface area contributed by atoms with Crippen molar-refractivity contribution >= 4 is 129 Å². The van der Waals surface area contributed by atoms with Crippen LogP contribution in [0.15, 0.2) is 279 Å². The molecule has 0 aliphatic heterocycles. The van der Waals surface area contributed by atoms with Crippen molar-refractivity contribution in [3.63, 3.8) is 0 Å². The van der Waals surface area contributed by atoms with E-state index in [4.69, 9.17) is 105 Å². The van der Waals surface area contributed by atoms with Gasteiger partial charge in [-0.05, 0) is 252 Å². The van der Waals surface area contributed by atoms with Crippen molar-refractivity contribution < 1.29 is 39.4 Å². The van der Waals surface area contributed by atoms with E-state index >= 15 is 0 Å². The Labute approximate surface area is 902 Å². The number of aromatic nitrogens is 3. The molecular formula is C125H149Cl6Fe3N9. The summed E-state index contributed by atoms with van der Waals surface area (Å²) in [6.07, 6.45) is 0. The van der Waals surface area contributed by atoms with Crippen LogP contribution in [0.3, 0.4) is 0 Å². The quantitative estimate of drug-likeness (QED) is 0.0359. The molecule has 0 saturated heterocycles. The zero-order valence-corrected chi connectivity index (χ0v) is 97.8. The normalized spacial score (nSPS) is 12.3. The first-order valence-electron chi connectivity index (χ1n) is 50.0. The average molecular weight is 2160 g/mol. The van der Waals surface area contributed by atoms with E-state index in [0.29, 0.717) is 71.0 Å². The third kappa shape index (κ3) is 32.5. The number of pyridine rings is 3. The van der Waals surface area contributed by atoms with Gasteiger partial charge in [-0.25, -0.2) is 34.9 Å². The molecule has 760 valence electrons. The van der Waals surface area contributed by atoms with Crippen molar-refractivity contribution in [3.8, 4) is 0 Å². The molecule has 18 heteroatoms. The third-order valence-electron chi connectivity index (χ3n) is 25.4. The van der Waals surface area contributed by atoms with Crippen LogP contribution in [0.25, 0.3) is 0 Å². The van der Waals surface area contributed by atoms with Crippen LogP contribution in [0, 0.1) is 41.5 Å². The number of benzene rings is 10. The van der Waals surface area contributed by atoms with E-state index in [2.05, 4.69) is 446 Å². The molecule has 0 N–H and O–H groups in total. The van der Waals surface area contributed by atoms with Crippen LogP contribution in [-0.4, -0.2) is 49.2 Å². The Hall–Kier alpha value is -9.03. The summed E-state index contributed by atoms with van der Waals surface area (Å²) in [4.78, 5) is 48.6. The Morgan fingerprint density at radius 1 is 0.203 bits per heavy atom. The summed E-state index contributed by atoms with van der Waals surface area (Å²) in [6.45, 7) is 71.1. The summed E-state index contributed by atoms with van der Waals surface area (Å²) in [5.41, 5.74) is 43.5. The molecule has 0 spiro atoms. The summed E-state index contributed by atoms with van der Waals surface area (Å²) < 4.78 is 0. The van der Waals surface area contributed by atoms with Crippen molar-refractivity contribution in [2.75, 3.05) is 0 Å². The molecule has 0 amide bonds. The van der Waals surface area contributed by atoms with Crippen LogP contribution in [0.5, 0.6) is 0 Å². The number of para-hydroxylation sites is 6. The van der Waals surface area contributed by atoms with Crippen molar-refractivity contribution in [1.82, 2.24) is 15.0 Å². The molecular weight excluding hydrogens is 2010 g/mol. The first-order valence-corrected chi connectivity index (χ1v) is 59.1. The van der Waals surface area contributed by atoms with Gasteiger partial charge >= 0.3 is 100.0 Å². The van der Waals surface area contributed by atoms with Gasteiger partial charge in [0.1, 0.15) is 0 Å². The third-order valence-corrected chi connectivity index (χ3v) is 25.4. The maximum atomic E-state index is 5.69. The molecule has 10 aromatic carbocycles. The molecule has 3 aromatic heterocycles. The minimum atomic E-state index is 0.194.